The van der Waals surface area contributed by atoms with Gasteiger partial charge in [-0.2, -0.15) is 0 Å². The van der Waals surface area contributed by atoms with Crippen LogP contribution in [0.4, 0.5) is 19.6 Å². The predicted molar refractivity (Wildman–Crippen MR) is 108 cm³/mol. The fourth-order valence-corrected chi connectivity index (χ4v) is 4.33. The molecule has 1 aliphatic rings. The van der Waals surface area contributed by atoms with Crippen molar-refractivity contribution >= 4 is 38.1 Å². The molecule has 1 amide bonds. The van der Waals surface area contributed by atoms with Gasteiger partial charge in [-0.05, 0) is 30.3 Å². The van der Waals surface area contributed by atoms with Gasteiger partial charge >= 0.3 is 0 Å². The summed E-state index contributed by atoms with van der Waals surface area (Å²) in [4.78, 5) is 12.3. The summed E-state index contributed by atoms with van der Waals surface area (Å²) < 4.78 is 63.8. The monoisotopic (exact) mass is 468 g/mol. The first-order chi connectivity index (χ1) is 14.8. The van der Waals surface area contributed by atoms with E-state index in [-0.39, 0.29) is 21.3 Å². The summed E-state index contributed by atoms with van der Waals surface area (Å²) in [5, 5.41) is 8.51. The van der Waals surface area contributed by atoms with E-state index in [1.807, 2.05) is 0 Å². The topological polar surface area (TPSA) is 120 Å². The summed E-state index contributed by atoms with van der Waals surface area (Å²) >= 11 is 0.549. The lowest BCUT2D eigenvalue weighted by Gasteiger charge is -2.19. The maximum Gasteiger partial charge on any atom is 0.291 e. The Hall–Kier alpha value is -3.32. The molecule has 1 aromatic heterocycles. The van der Waals surface area contributed by atoms with Crippen LogP contribution in [0.15, 0.2) is 47.4 Å². The van der Waals surface area contributed by atoms with Gasteiger partial charge in [-0.1, -0.05) is 17.4 Å². The molecule has 3 aromatic rings. The van der Waals surface area contributed by atoms with Gasteiger partial charge in [0.25, 0.3) is 22.4 Å². The van der Waals surface area contributed by atoms with Crippen molar-refractivity contribution in [1.29, 1.82) is 0 Å². The lowest BCUT2D eigenvalue weighted by atomic mass is 10.2. The molecule has 0 saturated carbocycles. The number of benzene rings is 2. The number of alkyl halides is 2. The third-order valence-electron chi connectivity index (χ3n) is 4.05. The van der Waals surface area contributed by atoms with Crippen LogP contribution in [0.2, 0.25) is 0 Å². The molecule has 9 nitrogen and oxygen atoms in total. The van der Waals surface area contributed by atoms with Crippen molar-refractivity contribution in [3.8, 4) is 11.5 Å². The van der Waals surface area contributed by atoms with E-state index in [0.717, 1.165) is 0 Å². The van der Waals surface area contributed by atoms with Crippen LogP contribution in [-0.4, -0.2) is 37.7 Å². The number of nitrogens with zero attached hydrogens (tertiary/aromatic N) is 2. The highest BCUT2D eigenvalue weighted by atomic mass is 32.2. The van der Waals surface area contributed by atoms with Gasteiger partial charge in [-0.25, -0.2) is 17.2 Å². The van der Waals surface area contributed by atoms with E-state index in [1.54, 1.807) is 0 Å². The second kappa shape index (κ2) is 8.43. The number of amides is 1. The van der Waals surface area contributed by atoms with Crippen molar-refractivity contribution in [2.24, 2.45) is 0 Å². The van der Waals surface area contributed by atoms with Crippen molar-refractivity contribution < 1.29 is 31.5 Å². The van der Waals surface area contributed by atoms with E-state index in [1.165, 1.54) is 42.5 Å². The fraction of sp³-hybridized carbons (Fsp3) is 0.167. The number of fused-ring (bicyclic) bond motifs is 1. The molecule has 0 spiro atoms. The Morgan fingerprint density at radius 2 is 1.84 bits per heavy atom. The zero-order valence-corrected chi connectivity index (χ0v) is 17.2. The standard InChI is InChI=1S/C18H14F2N4O5S2/c19-15(20)17-22-23-18(30-17)21-16(25)10-2-1-3-11(8-10)24-31(26,27)12-4-5-13-14(9-12)29-7-6-28-13/h1-5,8-9,15,24H,6-7H2,(H,21,23,25). The summed E-state index contributed by atoms with van der Waals surface area (Å²) in [7, 11) is -3.98. The second-order valence-corrected chi connectivity index (χ2v) is 8.88. The van der Waals surface area contributed by atoms with E-state index in [9.17, 15) is 22.0 Å². The molecule has 0 unspecified atom stereocenters. The van der Waals surface area contributed by atoms with E-state index in [0.29, 0.717) is 36.0 Å². The van der Waals surface area contributed by atoms with Crippen LogP contribution in [0, 0.1) is 0 Å². The molecule has 2 heterocycles. The van der Waals surface area contributed by atoms with Crippen LogP contribution in [0.25, 0.3) is 0 Å². The normalized spacial score (nSPS) is 13.1. The molecule has 2 N–H and O–H groups in total. The number of hydrogen-bond acceptors (Lipinski definition) is 8. The SMILES string of the molecule is O=C(Nc1nnc(C(F)F)s1)c1cccc(NS(=O)(=O)c2ccc3c(c2)OCCO3)c1. The average molecular weight is 468 g/mol. The fourth-order valence-electron chi connectivity index (χ4n) is 2.67. The molecule has 0 radical (unpaired) electrons. The van der Waals surface area contributed by atoms with Crippen molar-refractivity contribution in [2.45, 2.75) is 11.3 Å². The van der Waals surface area contributed by atoms with Gasteiger partial charge in [-0.3, -0.25) is 14.8 Å². The predicted octanol–water partition coefficient (Wildman–Crippen LogP) is 3.30. The first kappa shape index (κ1) is 20.9. The van der Waals surface area contributed by atoms with Crippen LogP contribution in [-0.2, 0) is 10.0 Å². The van der Waals surface area contributed by atoms with Gasteiger partial charge in [0, 0.05) is 17.3 Å². The number of anilines is 2. The molecule has 2 aromatic carbocycles. The Labute approximate surface area is 179 Å². The van der Waals surface area contributed by atoms with Gasteiger partial charge < -0.3 is 9.47 Å². The van der Waals surface area contributed by atoms with Gasteiger partial charge in [0.2, 0.25) is 5.13 Å². The van der Waals surface area contributed by atoms with Crippen LogP contribution in [0.3, 0.4) is 0 Å². The zero-order valence-electron chi connectivity index (χ0n) is 15.5. The highest BCUT2D eigenvalue weighted by molar-refractivity contribution is 7.92. The van der Waals surface area contributed by atoms with Gasteiger partial charge in [0.05, 0.1) is 4.90 Å². The minimum Gasteiger partial charge on any atom is -0.486 e. The molecule has 31 heavy (non-hydrogen) atoms. The summed E-state index contributed by atoms with van der Waals surface area (Å²) in [5.74, 6) is 0.121. The average Bonchev–Trinajstić information content (AvgIpc) is 3.22. The summed E-state index contributed by atoms with van der Waals surface area (Å²) in [6.07, 6.45) is -2.79. The van der Waals surface area contributed by atoms with Crippen molar-refractivity contribution in [3.05, 3.63) is 53.0 Å². The molecular formula is C18H14F2N4O5S2. The first-order valence-corrected chi connectivity index (χ1v) is 11.1. The Balaban J connectivity index is 1.50. The zero-order chi connectivity index (χ0) is 22.0. The molecule has 0 aliphatic carbocycles. The second-order valence-electron chi connectivity index (χ2n) is 6.19. The Morgan fingerprint density at radius 1 is 1.06 bits per heavy atom. The molecule has 1 aliphatic heterocycles. The van der Waals surface area contributed by atoms with Crippen molar-refractivity contribution in [3.63, 3.8) is 0 Å². The summed E-state index contributed by atoms with van der Waals surface area (Å²) in [6, 6.07) is 9.91. The number of carbonyl (C=O) groups is 1. The molecule has 0 saturated heterocycles. The highest BCUT2D eigenvalue weighted by Gasteiger charge is 2.20. The van der Waals surface area contributed by atoms with Crippen molar-refractivity contribution in [2.75, 3.05) is 23.3 Å². The third-order valence-corrected chi connectivity index (χ3v) is 6.27. The molecule has 0 atom stereocenters. The lowest BCUT2D eigenvalue weighted by Crippen LogP contribution is -2.17. The number of rotatable bonds is 6. The highest BCUT2D eigenvalue weighted by Crippen LogP contribution is 2.33. The molecular weight excluding hydrogens is 454 g/mol. The number of carbonyl (C=O) groups excluding carboxylic acids is 1. The number of ether oxygens (including phenoxy) is 2. The number of aromatic nitrogens is 2. The van der Waals surface area contributed by atoms with Crippen LogP contribution in [0.5, 0.6) is 11.5 Å². The lowest BCUT2D eigenvalue weighted by molar-refractivity contribution is 0.102. The van der Waals surface area contributed by atoms with Crippen LogP contribution in [0.1, 0.15) is 21.8 Å². The molecule has 0 fully saturated rings. The summed E-state index contributed by atoms with van der Waals surface area (Å²) in [6.45, 7) is 0.696. The quantitative estimate of drug-likeness (QED) is 0.570. The molecule has 4 rings (SSSR count). The maximum atomic E-state index is 12.7. The van der Waals surface area contributed by atoms with Gasteiger partial charge in [0.1, 0.15) is 13.2 Å². The minimum absolute atomic E-state index is 0.0417. The summed E-state index contributed by atoms with van der Waals surface area (Å²) in [5.41, 5.74) is 0.226. The minimum atomic E-state index is -3.98. The smallest absolute Gasteiger partial charge is 0.291 e. The van der Waals surface area contributed by atoms with Crippen LogP contribution >= 0.6 is 11.3 Å². The van der Waals surface area contributed by atoms with Crippen molar-refractivity contribution in [1.82, 2.24) is 10.2 Å². The van der Waals surface area contributed by atoms with E-state index in [4.69, 9.17) is 9.47 Å². The number of sulfonamides is 1. The largest absolute Gasteiger partial charge is 0.486 e. The van der Waals surface area contributed by atoms with Crippen LogP contribution < -0.4 is 19.5 Å². The van der Waals surface area contributed by atoms with E-state index in [2.05, 4.69) is 20.2 Å². The van der Waals surface area contributed by atoms with Gasteiger partial charge in [0.15, 0.2) is 16.5 Å². The van der Waals surface area contributed by atoms with E-state index >= 15 is 0 Å². The Kier molecular flexibility index (Phi) is 5.69. The molecule has 162 valence electrons. The maximum absolute atomic E-state index is 12.7. The van der Waals surface area contributed by atoms with E-state index < -0.39 is 27.4 Å². The Morgan fingerprint density at radius 3 is 2.58 bits per heavy atom. The number of nitrogens with one attached hydrogen (secondary N) is 2. The molecule has 0 bridgehead atoms. The van der Waals surface area contributed by atoms with Gasteiger partial charge in [-0.15, -0.1) is 10.2 Å². The number of hydrogen-bond donors (Lipinski definition) is 2. The Bertz CT molecular complexity index is 1230. The number of halogens is 2. The first-order valence-electron chi connectivity index (χ1n) is 8.77. The third kappa shape index (κ3) is 4.72. The molecule has 13 heteroatoms.